The molecular formula is C17H13ClFN5O2. The summed E-state index contributed by atoms with van der Waals surface area (Å²) in [6.45, 7) is 1.35. The Balaban J connectivity index is 1.81. The zero-order valence-electron chi connectivity index (χ0n) is 13.5. The van der Waals surface area contributed by atoms with Crippen molar-refractivity contribution in [2.75, 3.05) is 10.6 Å². The van der Waals surface area contributed by atoms with Crippen LogP contribution in [0.5, 0.6) is 0 Å². The lowest BCUT2D eigenvalue weighted by atomic mass is 10.2. The molecule has 3 rings (SSSR count). The number of nitrogens with one attached hydrogen (secondary N) is 2. The van der Waals surface area contributed by atoms with Crippen molar-refractivity contribution < 1.29 is 14.0 Å². The molecule has 0 spiro atoms. The van der Waals surface area contributed by atoms with E-state index in [1.54, 1.807) is 12.1 Å². The first-order valence-corrected chi connectivity index (χ1v) is 7.87. The van der Waals surface area contributed by atoms with Crippen LogP contribution in [0.25, 0.3) is 5.69 Å². The molecule has 2 amide bonds. The Hall–Kier alpha value is -3.26. The standard InChI is InChI=1S/C17H13ClFN5O2/c1-10(25)20-15-8-11(18)2-7-14(15)21-17(26)16-9-24(23-22-16)13-5-3-12(19)4-6-13/h2-9H,1H3,(H,20,25)(H,21,26). The fourth-order valence-electron chi connectivity index (χ4n) is 2.19. The van der Waals surface area contributed by atoms with E-state index >= 15 is 0 Å². The van der Waals surface area contributed by atoms with Crippen molar-refractivity contribution in [3.05, 3.63) is 65.2 Å². The van der Waals surface area contributed by atoms with E-state index in [0.717, 1.165) is 0 Å². The van der Waals surface area contributed by atoms with Crippen LogP contribution in [0.1, 0.15) is 17.4 Å². The van der Waals surface area contributed by atoms with Gasteiger partial charge in [-0.1, -0.05) is 16.8 Å². The average Bonchev–Trinajstić information content (AvgIpc) is 3.07. The summed E-state index contributed by atoms with van der Waals surface area (Å²) in [5.74, 6) is -1.20. The average molecular weight is 374 g/mol. The van der Waals surface area contributed by atoms with Crippen molar-refractivity contribution in [3.8, 4) is 5.69 Å². The molecule has 3 aromatic rings. The lowest BCUT2D eigenvalue weighted by Gasteiger charge is -2.11. The van der Waals surface area contributed by atoms with E-state index in [4.69, 9.17) is 11.6 Å². The van der Waals surface area contributed by atoms with Crippen LogP contribution in [0.4, 0.5) is 15.8 Å². The Labute approximate surface area is 152 Å². The number of rotatable bonds is 4. The van der Waals surface area contributed by atoms with E-state index in [1.807, 2.05) is 0 Å². The van der Waals surface area contributed by atoms with Crippen LogP contribution < -0.4 is 10.6 Å². The second kappa shape index (κ2) is 7.32. The molecule has 0 aliphatic carbocycles. The number of carbonyl (C=O) groups is 2. The summed E-state index contributed by atoms with van der Waals surface area (Å²) in [7, 11) is 0. The molecule has 132 valence electrons. The second-order valence-corrected chi connectivity index (χ2v) is 5.79. The maximum absolute atomic E-state index is 13.0. The van der Waals surface area contributed by atoms with E-state index in [9.17, 15) is 14.0 Å². The molecule has 0 unspecified atom stereocenters. The topological polar surface area (TPSA) is 88.9 Å². The third-order valence-corrected chi connectivity index (χ3v) is 3.59. The van der Waals surface area contributed by atoms with Crippen molar-refractivity contribution in [3.63, 3.8) is 0 Å². The predicted octanol–water partition coefficient (Wildman–Crippen LogP) is 3.27. The Morgan fingerprint density at radius 2 is 1.81 bits per heavy atom. The molecule has 1 aromatic heterocycles. The molecule has 2 aromatic carbocycles. The maximum Gasteiger partial charge on any atom is 0.277 e. The SMILES string of the molecule is CC(=O)Nc1cc(Cl)ccc1NC(=O)c1cn(-c2ccc(F)cc2)nn1. The Morgan fingerprint density at radius 1 is 1.08 bits per heavy atom. The summed E-state index contributed by atoms with van der Waals surface area (Å²) in [6.07, 6.45) is 1.41. The molecule has 1 heterocycles. The fourth-order valence-corrected chi connectivity index (χ4v) is 2.36. The fraction of sp³-hybridized carbons (Fsp3) is 0.0588. The Bertz CT molecular complexity index is 972. The number of nitrogens with zero attached hydrogens (tertiary/aromatic N) is 3. The van der Waals surface area contributed by atoms with Crippen molar-refractivity contribution >= 4 is 34.8 Å². The summed E-state index contributed by atoms with van der Waals surface area (Å²) in [5, 5.41) is 13.3. The number of halogens is 2. The number of hydrogen-bond acceptors (Lipinski definition) is 4. The van der Waals surface area contributed by atoms with Gasteiger partial charge in [0, 0.05) is 11.9 Å². The van der Waals surface area contributed by atoms with E-state index in [-0.39, 0.29) is 17.4 Å². The molecule has 0 aliphatic heterocycles. The van der Waals surface area contributed by atoms with Crippen LogP contribution in [-0.2, 0) is 4.79 Å². The third-order valence-electron chi connectivity index (χ3n) is 3.36. The van der Waals surface area contributed by atoms with E-state index < -0.39 is 5.91 Å². The number of aromatic nitrogens is 3. The minimum Gasteiger partial charge on any atom is -0.324 e. The molecule has 0 radical (unpaired) electrons. The third kappa shape index (κ3) is 4.04. The largest absolute Gasteiger partial charge is 0.324 e. The van der Waals surface area contributed by atoms with Crippen molar-refractivity contribution in [2.24, 2.45) is 0 Å². The van der Waals surface area contributed by atoms with Crippen molar-refractivity contribution in [1.82, 2.24) is 15.0 Å². The Morgan fingerprint density at radius 3 is 2.50 bits per heavy atom. The van der Waals surface area contributed by atoms with Gasteiger partial charge in [-0.15, -0.1) is 5.10 Å². The summed E-state index contributed by atoms with van der Waals surface area (Å²) < 4.78 is 14.3. The molecule has 0 saturated carbocycles. The lowest BCUT2D eigenvalue weighted by Crippen LogP contribution is -2.15. The van der Waals surface area contributed by atoms with Crippen LogP contribution in [-0.4, -0.2) is 26.8 Å². The van der Waals surface area contributed by atoms with Gasteiger partial charge < -0.3 is 10.6 Å². The summed E-state index contributed by atoms with van der Waals surface area (Å²) in [5.41, 5.74) is 1.34. The first-order valence-electron chi connectivity index (χ1n) is 7.49. The van der Waals surface area contributed by atoms with Gasteiger partial charge in [0.25, 0.3) is 5.91 Å². The lowest BCUT2D eigenvalue weighted by molar-refractivity contribution is -0.114. The van der Waals surface area contributed by atoms with Crippen molar-refractivity contribution in [2.45, 2.75) is 6.92 Å². The molecule has 0 fully saturated rings. The highest BCUT2D eigenvalue weighted by Crippen LogP contribution is 2.26. The first kappa shape index (κ1) is 17.6. The molecule has 7 nitrogen and oxygen atoms in total. The molecule has 2 N–H and O–H groups in total. The number of anilines is 2. The molecule has 0 atom stereocenters. The zero-order chi connectivity index (χ0) is 18.7. The molecule has 0 bridgehead atoms. The van der Waals surface area contributed by atoms with Gasteiger partial charge in [0.05, 0.1) is 23.3 Å². The quantitative estimate of drug-likeness (QED) is 0.734. The van der Waals surface area contributed by atoms with Crippen LogP contribution in [0.2, 0.25) is 5.02 Å². The van der Waals surface area contributed by atoms with Gasteiger partial charge in [0.2, 0.25) is 5.91 Å². The smallest absolute Gasteiger partial charge is 0.277 e. The minimum atomic E-state index is -0.521. The van der Waals surface area contributed by atoms with E-state index in [0.29, 0.717) is 22.1 Å². The second-order valence-electron chi connectivity index (χ2n) is 5.35. The highest BCUT2D eigenvalue weighted by Gasteiger charge is 2.14. The molecular weight excluding hydrogens is 361 g/mol. The first-order chi connectivity index (χ1) is 12.4. The van der Waals surface area contributed by atoms with Gasteiger partial charge in [-0.25, -0.2) is 9.07 Å². The number of benzene rings is 2. The van der Waals surface area contributed by atoms with Gasteiger partial charge in [-0.05, 0) is 42.5 Å². The normalized spacial score (nSPS) is 10.4. The van der Waals surface area contributed by atoms with Gasteiger partial charge in [-0.3, -0.25) is 9.59 Å². The van der Waals surface area contributed by atoms with E-state index in [1.165, 1.54) is 48.1 Å². The highest BCUT2D eigenvalue weighted by molar-refractivity contribution is 6.31. The molecule has 9 heteroatoms. The van der Waals surface area contributed by atoms with Gasteiger partial charge in [0.1, 0.15) is 5.82 Å². The van der Waals surface area contributed by atoms with E-state index in [2.05, 4.69) is 20.9 Å². The van der Waals surface area contributed by atoms with Crippen molar-refractivity contribution in [1.29, 1.82) is 0 Å². The molecule has 0 saturated heterocycles. The number of carbonyl (C=O) groups excluding carboxylic acids is 2. The van der Waals surface area contributed by atoms with Crippen LogP contribution >= 0.6 is 11.6 Å². The van der Waals surface area contributed by atoms with Crippen LogP contribution in [0.3, 0.4) is 0 Å². The maximum atomic E-state index is 13.0. The van der Waals surface area contributed by atoms with Crippen LogP contribution in [0, 0.1) is 5.82 Å². The number of amides is 2. The summed E-state index contributed by atoms with van der Waals surface area (Å²) in [4.78, 5) is 23.7. The Kier molecular flexibility index (Phi) is 4.94. The minimum absolute atomic E-state index is 0.0538. The molecule has 26 heavy (non-hydrogen) atoms. The summed E-state index contributed by atoms with van der Waals surface area (Å²) in [6, 6.07) is 10.3. The van der Waals surface area contributed by atoms with Crippen LogP contribution in [0.15, 0.2) is 48.7 Å². The zero-order valence-corrected chi connectivity index (χ0v) is 14.3. The summed E-state index contributed by atoms with van der Waals surface area (Å²) >= 11 is 5.92. The van der Waals surface area contributed by atoms with Gasteiger partial charge in [-0.2, -0.15) is 0 Å². The predicted molar refractivity (Wildman–Crippen MR) is 95.0 cm³/mol. The molecule has 0 aliphatic rings. The van der Waals surface area contributed by atoms with Gasteiger partial charge in [0.15, 0.2) is 5.69 Å². The monoisotopic (exact) mass is 373 g/mol. The highest BCUT2D eigenvalue weighted by atomic mass is 35.5. The number of hydrogen-bond donors (Lipinski definition) is 2. The van der Waals surface area contributed by atoms with Gasteiger partial charge >= 0.3 is 0 Å².